The second-order valence-electron chi connectivity index (χ2n) is 2.48. The van der Waals surface area contributed by atoms with Crippen LogP contribution in [0.4, 0.5) is 8.78 Å². The molecule has 0 bridgehead atoms. The summed E-state index contributed by atoms with van der Waals surface area (Å²) in [5, 5.41) is 9.09. The van der Waals surface area contributed by atoms with Gasteiger partial charge in [0.1, 0.15) is 5.82 Å². The Kier molecular flexibility index (Phi) is 3.16. The van der Waals surface area contributed by atoms with Crippen molar-refractivity contribution < 1.29 is 18.7 Å². The van der Waals surface area contributed by atoms with Crippen molar-refractivity contribution in [1.29, 1.82) is 0 Å². The predicted molar refractivity (Wildman–Crippen MR) is 41.9 cm³/mol. The van der Waals surface area contributed by atoms with Gasteiger partial charge >= 0.3 is 0 Å². The molecule has 72 valence electrons. The highest BCUT2D eigenvalue weighted by atomic mass is 19.1. The summed E-state index contributed by atoms with van der Waals surface area (Å²) in [7, 11) is 0. The minimum atomic E-state index is -0.853. The highest BCUT2D eigenvalue weighted by molar-refractivity contribution is 5.34. The molecule has 1 rings (SSSR count). The molecule has 0 atom stereocenters. The third kappa shape index (κ3) is 2.13. The number of benzene rings is 1. The van der Waals surface area contributed by atoms with Crippen molar-refractivity contribution in [2.45, 2.75) is 6.42 Å². The molecular weight excluding hydrogens is 180 g/mol. The van der Waals surface area contributed by atoms with Gasteiger partial charge in [-0.25, -0.2) is 14.7 Å². The van der Waals surface area contributed by atoms with Crippen molar-refractivity contribution in [3.05, 3.63) is 29.3 Å². The molecule has 3 N–H and O–H groups in total. The quantitative estimate of drug-likeness (QED) is 0.700. The van der Waals surface area contributed by atoms with Crippen LogP contribution >= 0.6 is 0 Å². The lowest BCUT2D eigenvalue weighted by Gasteiger charge is -2.05. The topological polar surface area (TPSA) is 55.5 Å². The molecule has 0 fully saturated rings. The summed E-state index contributed by atoms with van der Waals surface area (Å²) in [6.07, 6.45) is 0.0337. The van der Waals surface area contributed by atoms with E-state index in [1.165, 1.54) is 0 Å². The summed E-state index contributed by atoms with van der Waals surface area (Å²) in [6, 6.07) is 1.80. The zero-order valence-corrected chi connectivity index (χ0v) is 6.76. The number of hydrogen-bond donors (Lipinski definition) is 2. The molecule has 0 aliphatic heterocycles. The number of phenols is 1. The van der Waals surface area contributed by atoms with Crippen LogP contribution < -0.4 is 5.90 Å². The maximum Gasteiger partial charge on any atom is 0.165 e. The Balaban J connectivity index is 2.96. The lowest BCUT2D eigenvalue weighted by molar-refractivity contribution is 0.140. The van der Waals surface area contributed by atoms with Gasteiger partial charge in [0.05, 0.1) is 6.61 Å². The van der Waals surface area contributed by atoms with Gasteiger partial charge in [-0.05, 0) is 12.1 Å². The first kappa shape index (κ1) is 9.88. The fourth-order valence-electron chi connectivity index (χ4n) is 0.982. The Morgan fingerprint density at radius 2 is 1.92 bits per heavy atom. The van der Waals surface area contributed by atoms with Crippen LogP contribution in [-0.4, -0.2) is 11.7 Å². The number of hydrogen-bond acceptors (Lipinski definition) is 3. The smallest absolute Gasteiger partial charge is 0.165 e. The summed E-state index contributed by atoms with van der Waals surface area (Å²) in [6.45, 7) is 0.0218. The molecule has 0 amide bonds. The molecule has 0 spiro atoms. The van der Waals surface area contributed by atoms with Crippen LogP contribution in [-0.2, 0) is 11.3 Å². The van der Waals surface area contributed by atoms with Gasteiger partial charge in [-0.1, -0.05) is 0 Å². The zero-order valence-electron chi connectivity index (χ0n) is 6.76. The zero-order chi connectivity index (χ0) is 9.84. The molecule has 13 heavy (non-hydrogen) atoms. The van der Waals surface area contributed by atoms with Crippen molar-refractivity contribution in [3.8, 4) is 5.75 Å². The number of phenolic OH excluding ortho intramolecular Hbond substituents is 1. The van der Waals surface area contributed by atoms with Crippen LogP contribution in [0.2, 0.25) is 0 Å². The highest BCUT2D eigenvalue weighted by Crippen LogP contribution is 2.24. The fourth-order valence-corrected chi connectivity index (χ4v) is 0.982. The molecule has 3 nitrogen and oxygen atoms in total. The van der Waals surface area contributed by atoms with Crippen LogP contribution in [0.1, 0.15) is 5.56 Å². The maximum atomic E-state index is 12.9. The lowest BCUT2D eigenvalue weighted by atomic mass is 10.1. The minimum absolute atomic E-state index is 0.0218. The van der Waals surface area contributed by atoms with Crippen LogP contribution in [0.3, 0.4) is 0 Å². The summed E-state index contributed by atoms with van der Waals surface area (Å²) in [5.74, 6) is 2.51. The normalized spacial score (nSPS) is 10.4. The molecule has 1 aromatic rings. The summed E-state index contributed by atoms with van der Waals surface area (Å²) in [5.41, 5.74) is -0.120. The minimum Gasteiger partial charge on any atom is -0.505 e. The Hall–Kier alpha value is -1.20. The third-order valence-corrected chi connectivity index (χ3v) is 1.65. The first-order valence-corrected chi connectivity index (χ1v) is 3.64. The first-order valence-electron chi connectivity index (χ1n) is 3.64. The molecule has 0 unspecified atom stereocenters. The van der Waals surface area contributed by atoms with Crippen molar-refractivity contribution in [3.63, 3.8) is 0 Å². The van der Waals surface area contributed by atoms with Crippen LogP contribution in [0.5, 0.6) is 5.75 Å². The molecule has 1 aromatic carbocycles. The van der Waals surface area contributed by atoms with Gasteiger partial charge in [0.25, 0.3) is 0 Å². The lowest BCUT2D eigenvalue weighted by Crippen LogP contribution is -2.05. The van der Waals surface area contributed by atoms with E-state index in [9.17, 15) is 8.78 Å². The van der Waals surface area contributed by atoms with Crippen LogP contribution in [0.25, 0.3) is 0 Å². The van der Waals surface area contributed by atoms with E-state index in [1.54, 1.807) is 0 Å². The SMILES string of the molecule is NOCCc1c(F)ccc(F)c1O. The molecule has 0 saturated carbocycles. The molecule has 0 saturated heterocycles. The summed E-state index contributed by atoms with van der Waals surface area (Å²) >= 11 is 0. The fraction of sp³-hybridized carbons (Fsp3) is 0.250. The molecule has 0 aromatic heterocycles. The molecule has 0 aliphatic rings. The monoisotopic (exact) mass is 189 g/mol. The van der Waals surface area contributed by atoms with Crippen molar-refractivity contribution >= 4 is 0 Å². The van der Waals surface area contributed by atoms with Crippen LogP contribution in [0.15, 0.2) is 12.1 Å². The summed E-state index contributed by atoms with van der Waals surface area (Å²) < 4.78 is 25.6. The van der Waals surface area contributed by atoms with Gasteiger partial charge in [0.2, 0.25) is 0 Å². The van der Waals surface area contributed by atoms with Gasteiger partial charge < -0.3 is 9.94 Å². The Labute approximate surface area is 73.7 Å². The molecule has 0 radical (unpaired) electrons. The standard InChI is InChI=1S/C8H9F2NO2/c9-6-1-2-7(10)8(12)5(6)3-4-13-11/h1-2,12H,3-4,11H2. The third-order valence-electron chi connectivity index (χ3n) is 1.65. The molecule has 5 heteroatoms. The van der Waals surface area contributed by atoms with E-state index >= 15 is 0 Å². The van der Waals surface area contributed by atoms with Crippen molar-refractivity contribution in [2.24, 2.45) is 5.90 Å². The number of aromatic hydroxyl groups is 1. The van der Waals surface area contributed by atoms with Gasteiger partial charge in [-0.3, -0.25) is 0 Å². The van der Waals surface area contributed by atoms with Crippen LogP contribution in [0, 0.1) is 11.6 Å². The number of rotatable bonds is 3. The van der Waals surface area contributed by atoms with E-state index in [-0.39, 0.29) is 18.6 Å². The van der Waals surface area contributed by atoms with E-state index in [4.69, 9.17) is 11.0 Å². The van der Waals surface area contributed by atoms with Gasteiger partial charge in [0, 0.05) is 12.0 Å². The average molecular weight is 189 g/mol. The molecular formula is C8H9F2NO2. The second kappa shape index (κ2) is 4.15. The summed E-state index contributed by atoms with van der Waals surface area (Å²) in [4.78, 5) is 4.20. The van der Waals surface area contributed by atoms with Gasteiger partial charge in [0.15, 0.2) is 11.6 Å². The van der Waals surface area contributed by atoms with E-state index < -0.39 is 17.4 Å². The Bertz CT molecular complexity index is 304. The van der Waals surface area contributed by atoms with E-state index in [0.29, 0.717) is 0 Å². The van der Waals surface area contributed by atoms with E-state index in [1.807, 2.05) is 0 Å². The van der Waals surface area contributed by atoms with Gasteiger partial charge in [-0.15, -0.1) is 0 Å². The Morgan fingerprint density at radius 1 is 1.31 bits per heavy atom. The van der Waals surface area contributed by atoms with E-state index in [0.717, 1.165) is 12.1 Å². The molecule has 0 aliphatic carbocycles. The van der Waals surface area contributed by atoms with Gasteiger partial charge in [-0.2, -0.15) is 0 Å². The Morgan fingerprint density at radius 3 is 2.54 bits per heavy atom. The maximum absolute atomic E-state index is 12.9. The van der Waals surface area contributed by atoms with Crippen molar-refractivity contribution in [2.75, 3.05) is 6.61 Å². The highest BCUT2D eigenvalue weighted by Gasteiger charge is 2.11. The van der Waals surface area contributed by atoms with Crippen molar-refractivity contribution in [1.82, 2.24) is 0 Å². The van der Waals surface area contributed by atoms with E-state index in [2.05, 4.69) is 4.84 Å². The largest absolute Gasteiger partial charge is 0.505 e. The first-order chi connectivity index (χ1) is 6.16. The predicted octanol–water partition coefficient (Wildman–Crippen LogP) is 1.10. The molecule has 0 heterocycles. The average Bonchev–Trinajstić information content (AvgIpc) is 2.12. The number of nitrogens with two attached hydrogens (primary N) is 1. The number of halogens is 2. The second-order valence-corrected chi connectivity index (χ2v) is 2.48.